The van der Waals surface area contributed by atoms with E-state index in [-0.39, 0.29) is 11.3 Å². The number of hydrogen-bond acceptors (Lipinski definition) is 2. The summed E-state index contributed by atoms with van der Waals surface area (Å²) in [6, 6.07) is 15.6. The maximum atomic E-state index is 13.0. The molecule has 3 rings (SSSR count). The molecule has 0 bridgehead atoms. The molecule has 0 heterocycles. The van der Waals surface area contributed by atoms with Crippen molar-refractivity contribution in [3.8, 4) is 0 Å². The molecule has 162 valence electrons. The van der Waals surface area contributed by atoms with E-state index in [0.717, 1.165) is 23.1 Å². The number of fused-ring (bicyclic) bond motifs is 1. The number of hydrogen-bond donors (Lipinski definition) is 0. The lowest BCUT2D eigenvalue weighted by Gasteiger charge is -2.25. The summed E-state index contributed by atoms with van der Waals surface area (Å²) < 4.78 is 77.2. The van der Waals surface area contributed by atoms with E-state index < -0.39 is 42.6 Å². The van der Waals surface area contributed by atoms with Gasteiger partial charge >= 0.3 is 12.4 Å². The van der Waals surface area contributed by atoms with E-state index in [0.29, 0.717) is 10.8 Å². The number of Topliss-reactive ketones (excluding diaryl/α,β-unsaturated/α-hetero) is 1. The first kappa shape index (κ1) is 22.3. The number of halogens is 6. The topological polar surface area (TPSA) is 37.4 Å². The molecule has 0 aromatic heterocycles. The lowest BCUT2D eigenvalue weighted by Crippen LogP contribution is -2.35. The van der Waals surface area contributed by atoms with Crippen LogP contribution in [0, 0.1) is 0 Å². The molecule has 31 heavy (non-hydrogen) atoms. The molecule has 9 heteroatoms. The zero-order valence-electron chi connectivity index (χ0n) is 15.8. The Labute approximate surface area is 172 Å². The Morgan fingerprint density at radius 1 is 0.806 bits per heavy atom. The molecular weight excluding hydrogens is 424 g/mol. The quantitative estimate of drug-likeness (QED) is 0.366. The van der Waals surface area contributed by atoms with Crippen LogP contribution in [0.15, 0.2) is 66.7 Å². The summed E-state index contributed by atoms with van der Waals surface area (Å²) in [5.74, 6) is -3.40. The van der Waals surface area contributed by atoms with E-state index in [1.807, 2.05) is 0 Å². The van der Waals surface area contributed by atoms with Crippen LogP contribution in [0.3, 0.4) is 0 Å². The Bertz CT molecular complexity index is 1120. The summed E-state index contributed by atoms with van der Waals surface area (Å²) in [6.45, 7) is -0.443. The van der Waals surface area contributed by atoms with Gasteiger partial charge in [-0.05, 0) is 29.1 Å². The predicted octanol–water partition coefficient (Wildman–Crippen LogP) is 5.91. The average Bonchev–Trinajstić information content (AvgIpc) is 2.70. The Morgan fingerprint density at radius 2 is 1.45 bits per heavy atom. The monoisotopic (exact) mass is 439 g/mol. The maximum absolute atomic E-state index is 13.0. The van der Waals surface area contributed by atoms with E-state index in [4.69, 9.17) is 0 Å². The van der Waals surface area contributed by atoms with Crippen LogP contribution >= 0.6 is 0 Å². The van der Waals surface area contributed by atoms with Gasteiger partial charge in [-0.15, -0.1) is 0 Å². The van der Waals surface area contributed by atoms with Gasteiger partial charge in [0.25, 0.3) is 0 Å². The highest BCUT2D eigenvalue weighted by atomic mass is 19.4. The van der Waals surface area contributed by atoms with Gasteiger partial charge in [0.2, 0.25) is 11.7 Å². The molecule has 0 N–H and O–H groups in total. The van der Waals surface area contributed by atoms with Crippen LogP contribution in [0.1, 0.15) is 17.5 Å². The lowest BCUT2D eigenvalue weighted by atomic mass is 10.1. The summed E-state index contributed by atoms with van der Waals surface area (Å²) >= 11 is 0. The Balaban J connectivity index is 2.05. The molecule has 1 amide bonds. The normalized spacial score (nSPS) is 12.1. The molecule has 0 saturated heterocycles. The highest BCUT2D eigenvalue weighted by Crippen LogP contribution is 2.32. The number of amides is 1. The summed E-state index contributed by atoms with van der Waals surface area (Å²) in [5, 5.41) is 1.17. The molecular formula is C22H15F6NO2. The van der Waals surface area contributed by atoms with Crippen molar-refractivity contribution in [2.45, 2.75) is 25.3 Å². The molecule has 0 aliphatic carbocycles. The van der Waals surface area contributed by atoms with Crippen LogP contribution in [-0.2, 0) is 22.3 Å². The minimum absolute atomic E-state index is 0.0515. The second-order valence-corrected chi connectivity index (χ2v) is 6.77. The SMILES string of the molecule is O=C(CC(=O)C(F)(F)F)N(Cc1cccc(C(F)(F)F)c1)c1cccc2ccccc12. The van der Waals surface area contributed by atoms with Crippen molar-refractivity contribution in [3.05, 3.63) is 77.9 Å². The largest absolute Gasteiger partial charge is 0.450 e. The molecule has 0 radical (unpaired) electrons. The molecule has 3 aromatic rings. The van der Waals surface area contributed by atoms with Gasteiger partial charge in [-0.3, -0.25) is 9.59 Å². The fraction of sp³-hybridized carbons (Fsp3) is 0.182. The van der Waals surface area contributed by atoms with Crippen molar-refractivity contribution in [2.75, 3.05) is 4.90 Å². The van der Waals surface area contributed by atoms with Crippen LogP contribution in [0.4, 0.5) is 32.0 Å². The number of benzene rings is 3. The van der Waals surface area contributed by atoms with Crippen LogP contribution in [0.2, 0.25) is 0 Å². The third kappa shape index (κ3) is 5.22. The average molecular weight is 439 g/mol. The fourth-order valence-corrected chi connectivity index (χ4v) is 3.11. The maximum Gasteiger partial charge on any atom is 0.450 e. The van der Waals surface area contributed by atoms with Crippen LogP contribution in [0.5, 0.6) is 0 Å². The van der Waals surface area contributed by atoms with Gasteiger partial charge in [-0.2, -0.15) is 26.3 Å². The first-order chi connectivity index (χ1) is 14.5. The van der Waals surface area contributed by atoms with E-state index in [1.165, 1.54) is 12.1 Å². The smallest absolute Gasteiger partial charge is 0.307 e. The molecule has 0 saturated carbocycles. The second-order valence-electron chi connectivity index (χ2n) is 6.77. The molecule has 0 spiro atoms. The number of alkyl halides is 6. The van der Waals surface area contributed by atoms with Crippen molar-refractivity contribution in [2.24, 2.45) is 0 Å². The summed E-state index contributed by atoms with van der Waals surface area (Å²) in [4.78, 5) is 25.0. The molecule has 0 aliphatic heterocycles. The van der Waals surface area contributed by atoms with Gasteiger partial charge in [0, 0.05) is 5.39 Å². The van der Waals surface area contributed by atoms with Gasteiger partial charge in [0.05, 0.1) is 24.2 Å². The second kappa shape index (κ2) is 8.41. The van der Waals surface area contributed by atoms with E-state index in [2.05, 4.69) is 0 Å². The van der Waals surface area contributed by atoms with Crippen LogP contribution in [-0.4, -0.2) is 17.9 Å². The molecule has 0 fully saturated rings. The van der Waals surface area contributed by atoms with Crippen molar-refractivity contribution in [3.63, 3.8) is 0 Å². The van der Waals surface area contributed by atoms with Crippen LogP contribution < -0.4 is 4.90 Å². The number of nitrogens with zero attached hydrogens (tertiary/aromatic N) is 1. The first-order valence-electron chi connectivity index (χ1n) is 9.01. The first-order valence-corrected chi connectivity index (χ1v) is 9.01. The van der Waals surface area contributed by atoms with Crippen molar-refractivity contribution < 1.29 is 35.9 Å². The summed E-state index contributed by atoms with van der Waals surface area (Å²) in [7, 11) is 0. The number of carbonyl (C=O) groups excluding carboxylic acids is 2. The minimum Gasteiger partial charge on any atom is -0.307 e. The van der Waals surface area contributed by atoms with Crippen LogP contribution in [0.25, 0.3) is 10.8 Å². The van der Waals surface area contributed by atoms with Crippen molar-refractivity contribution in [1.82, 2.24) is 0 Å². The lowest BCUT2D eigenvalue weighted by molar-refractivity contribution is -0.171. The number of carbonyl (C=O) groups is 2. The highest BCUT2D eigenvalue weighted by Gasteiger charge is 2.40. The van der Waals surface area contributed by atoms with Gasteiger partial charge in [-0.1, -0.05) is 48.5 Å². The van der Waals surface area contributed by atoms with E-state index in [1.54, 1.807) is 36.4 Å². The Hall–Kier alpha value is -3.36. The molecule has 3 nitrogen and oxygen atoms in total. The summed E-state index contributed by atoms with van der Waals surface area (Å²) in [6.07, 6.45) is -11.3. The van der Waals surface area contributed by atoms with Gasteiger partial charge in [0.1, 0.15) is 0 Å². The standard InChI is InChI=1S/C22H15F6NO2/c23-21(24,25)16-8-3-5-14(11-16)13-29(20(31)12-19(30)22(26,27)28)18-10-4-7-15-6-1-2-9-17(15)18/h1-11H,12-13H2. The minimum atomic E-state index is -5.20. The number of ketones is 1. The Morgan fingerprint density at radius 3 is 2.13 bits per heavy atom. The molecule has 3 aromatic carbocycles. The van der Waals surface area contributed by atoms with E-state index >= 15 is 0 Å². The van der Waals surface area contributed by atoms with Crippen molar-refractivity contribution in [1.29, 1.82) is 0 Å². The van der Waals surface area contributed by atoms with Gasteiger partial charge in [0.15, 0.2) is 0 Å². The predicted molar refractivity (Wildman–Crippen MR) is 102 cm³/mol. The zero-order chi connectivity index (χ0) is 22.8. The molecule has 0 aliphatic rings. The van der Waals surface area contributed by atoms with Gasteiger partial charge < -0.3 is 4.90 Å². The third-order valence-electron chi connectivity index (χ3n) is 4.58. The number of rotatable bonds is 5. The van der Waals surface area contributed by atoms with E-state index in [9.17, 15) is 35.9 Å². The summed E-state index contributed by atoms with van der Waals surface area (Å²) in [5.41, 5.74) is -0.715. The third-order valence-corrected chi connectivity index (χ3v) is 4.58. The molecule has 0 unspecified atom stereocenters. The molecule has 0 atom stereocenters. The fourth-order valence-electron chi connectivity index (χ4n) is 3.11. The van der Waals surface area contributed by atoms with Crippen molar-refractivity contribution >= 4 is 28.2 Å². The number of anilines is 1. The Kier molecular flexibility index (Phi) is 6.06. The highest BCUT2D eigenvalue weighted by molar-refractivity contribution is 6.10. The van der Waals surface area contributed by atoms with Gasteiger partial charge in [-0.25, -0.2) is 0 Å². The zero-order valence-corrected chi connectivity index (χ0v) is 15.8.